The second-order valence-electron chi connectivity index (χ2n) is 5.40. The number of methoxy groups -OCH3 is 1. The SMILES string of the molecule is COC(=O)C1=C(C(C)C)OC(N)=C(C#N)C1c1ccc(Br)cc1. The van der Waals surface area contributed by atoms with Crippen molar-refractivity contribution in [3.05, 3.63) is 57.1 Å². The Morgan fingerprint density at radius 3 is 2.48 bits per heavy atom. The number of rotatable bonds is 3. The number of nitrogens with zero attached hydrogens (tertiary/aromatic N) is 1. The number of nitrogens with two attached hydrogens (primary N) is 1. The van der Waals surface area contributed by atoms with Gasteiger partial charge in [0.2, 0.25) is 5.88 Å². The van der Waals surface area contributed by atoms with Crippen molar-refractivity contribution in [3.63, 3.8) is 0 Å². The lowest BCUT2D eigenvalue weighted by Gasteiger charge is -2.29. The highest BCUT2D eigenvalue weighted by molar-refractivity contribution is 9.10. The Balaban J connectivity index is 2.71. The largest absolute Gasteiger partial charge is 0.466 e. The van der Waals surface area contributed by atoms with Crippen LogP contribution in [0.15, 0.2) is 51.5 Å². The zero-order valence-corrected chi connectivity index (χ0v) is 14.7. The molecule has 0 saturated carbocycles. The van der Waals surface area contributed by atoms with Gasteiger partial charge in [0.15, 0.2) is 0 Å². The summed E-state index contributed by atoms with van der Waals surface area (Å²) < 4.78 is 11.4. The molecule has 1 atom stereocenters. The molecule has 0 radical (unpaired) electrons. The monoisotopic (exact) mass is 376 g/mol. The lowest BCUT2D eigenvalue weighted by Crippen LogP contribution is -2.27. The predicted octanol–water partition coefficient (Wildman–Crippen LogP) is 3.34. The van der Waals surface area contributed by atoms with Gasteiger partial charge in [-0.25, -0.2) is 4.79 Å². The Labute approximate surface area is 143 Å². The van der Waals surface area contributed by atoms with E-state index < -0.39 is 11.9 Å². The van der Waals surface area contributed by atoms with E-state index in [0.29, 0.717) is 11.3 Å². The van der Waals surface area contributed by atoms with E-state index in [1.807, 2.05) is 38.1 Å². The van der Waals surface area contributed by atoms with Gasteiger partial charge in [-0.05, 0) is 17.7 Å². The topological polar surface area (TPSA) is 85.3 Å². The van der Waals surface area contributed by atoms with Gasteiger partial charge in [0.05, 0.1) is 18.6 Å². The molecule has 120 valence electrons. The molecule has 1 heterocycles. The molecule has 0 aromatic heterocycles. The molecule has 1 aliphatic heterocycles. The third kappa shape index (κ3) is 3.25. The fourth-order valence-corrected chi connectivity index (χ4v) is 2.79. The van der Waals surface area contributed by atoms with E-state index in [4.69, 9.17) is 15.2 Å². The Bertz CT molecular complexity index is 727. The maximum absolute atomic E-state index is 12.4. The van der Waals surface area contributed by atoms with E-state index >= 15 is 0 Å². The summed E-state index contributed by atoms with van der Waals surface area (Å²) >= 11 is 3.38. The number of carbonyl (C=O) groups excluding carboxylic acids is 1. The van der Waals surface area contributed by atoms with Gasteiger partial charge in [-0.1, -0.05) is 41.9 Å². The number of ether oxygens (including phenoxy) is 2. The normalized spacial score (nSPS) is 17.8. The summed E-state index contributed by atoms with van der Waals surface area (Å²) in [7, 11) is 1.31. The van der Waals surface area contributed by atoms with Crippen LogP contribution in [-0.2, 0) is 14.3 Å². The molecular formula is C17H17BrN2O3. The van der Waals surface area contributed by atoms with Crippen LogP contribution in [0.4, 0.5) is 0 Å². The molecule has 1 aromatic carbocycles. The maximum Gasteiger partial charge on any atom is 0.338 e. The smallest absolute Gasteiger partial charge is 0.338 e. The van der Waals surface area contributed by atoms with E-state index in [2.05, 4.69) is 22.0 Å². The Morgan fingerprint density at radius 2 is 2.00 bits per heavy atom. The number of benzene rings is 1. The summed E-state index contributed by atoms with van der Waals surface area (Å²) in [5.74, 6) is -0.757. The number of halogens is 1. The van der Waals surface area contributed by atoms with E-state index in [-0.39, 0.29) is 17.4 Å². The molecule has 0 amide bonds. The molecule has 1 unspecified atom stereocenters. The first-order chi connectivity index (χ1) is 10.9. The number of esters is 1. The van der Waals surface area contributed by atoms with Crippen LogP contribution in [0.5, 0.6) is 0 Å². The average Bonchev–Trinajstić information content (AvgIpc) is 2.53. The lowest BCUT2D eigenvalue weighted by atomic mass is 9.81. The molecule has 5 nitrogen and oxygen atoms in total. The number of hydrogen-bond acceptors (Lipinski definition) is 5. The average molecular weight is 377 g/mol. The molecule has 0 saturated heterocycles. The van der Waals surface area contributed by atoms with Gasteiger partial charge in [-0.2, -0.15) is 5.26 Å². The van der Waals surface area contributed by atoms with Crippen molar-refractivity contribution in [2.75, 3.05) is 7.11 Å². The van der Waals surface area contributed by atoms with Crippen molar-refractivity contribution < 1.29 is 14.3 Å². The summed E-state index contributed by atoms with van der Waals surface area (Å²) in [6, 6.07) is 9.43. The van der Waals surface area contributed by atoms with Crippen LogP contribution in [0.1, 0.15) is 25.3 Å². The van der Waals surface area contributed by atoms with E-state index in [9.17, 15) is 10.1 Å². The Kier molecular flexibility index (Phi) is 5.12. The highest BCUT2D eigenvalue weighted by Gasteiger charge is 2.38. The van der Waals surface area contributed by atoms with Crippen LogP contribution >= 0.6 is 15.9 Å². The van der Waals surface area contributed by atoms with Crippen LogP contribution in [0, 0.1) is 17.2 Å². The van der Waals surface area contributed by atoms with Crippen molar-refractivity contribution in [2.24, 2.45) is 11.7 Å². The van der Waals surface area contributed by atoms with Crippen molar-refractivity contribution in [1.29, 1.82) is 5.26 Å². The van der Waals surface area contributed by atoms with Gasteiger partial charge < -0.3 is 15.2 Å². The minimum atomic E-state index is -0.605. The highest BCUT2D eigenvalue weighted by atomic mass is 79.9. The zero-order chi connectivity index (χ0) is 17.1. The second kappa shape index (κ2) is 6.88. The van der Waals surface area contributed by atoms with Crippen molar-refractivity contribution in [3.8, 4) is 6.07 Å². The van der Waals surface area contributed by atoms with Crippen LogP contribution < -0.4 is 5.73 Å². The minimum Gasteiger partial charge on any atom is -0.466 e. The van der Waals surface area contributed by atoms with Crippen molar-refractivity contribution in [2.45, 2.75) is 19.8 Å². The molecule has 0 spiro atoms. The highest BCUT2D eigenvalue weighted by Crippen LogP contribution is 2.41. The van der Waals surface area contributed by atoms with Crippen molar-refractivity contribution >= 4 is 21.9 Å². The van der Waals surface area contributed by atoms with Crippen LogP contribution in [-0.4, -0.2) is 13.1 Å². The summed E-state index contributed by atoms with van der Waals surface area (Å²) in [5, 5.41) is 9.49. The van der Waals surface area contributed by atoms with Gasteiger partial charge in [0.25, 0.3) is 0 Å². The first kappa shape index (κ1) is 17.1. The molecule has 2 N–H and O–H groups in total. The fraction of sp³-hybridized carbons (Fsp3) is 0.294. The van der Waals surface area contributed by atoms with Gasteiger partial charge in [-0.3, -0.25) is 0 Å². The van der Waals surface area contributed by atoms with E-state index in [1.165, 1.54) is 7.11 Å². The molecule has 6 heteroatoms. The molecule has 0 fully saturated rings. The first-order valence-corrected chi connectivity index (χ1v) is 7.85. The summed E-state index contributed by atoms with van der Waals surface area (Å²) in [6.45, 7) is 3.78. The van der Waals surface area contributed by atoms with Crippen molar-refractivity contribution in [1.82, 2.24) is 0 Å². The van der Waals surface area contributed by atoms with E-state index in [0.717, 1.165) is 10.0 Å². The van der Waals surface area contributed by atoms with Gasteiger partial charge in [-0.15, -0.1) is 0 Å². The summed E-state index contributed by atoms with van der Waals surface area (Å²) in [4.78, 5) is 12.4. The molecule has 1 aliphatic rings. The first-order valence-electron chi connectivity index (χ1n) is 7.06. The molecule has 0 bridgehead atoms. The Morgan fingerprint density at radius 1 is 1.39 bits per heavy atom. The minimum absolute atomic E-state index is 0.0248. The fourth-order valence-electron chi connectivity index (χ4n) is 2.52. The standard InChI is InChI=1S/C17H17BrN2O3/c1-9(2)15-14(17(21)22-3)13(12(8-19)16(20)23-15)10-4-6-11(18)7-5-10/h4-7,9,13H,20H2,1-3H3. The Hall–Kier alpha value is -2.26. The lowest BCUT2D eigenvalue weighted by molar-refractivity contribution is -0.136. The number of carbonyl (C=O) groups is 1. The van der Waals surface area contributed by atoms with Crippen LogP contribution in [0.2, 0.25) is 0 Å². The molecule has 2 rings (SSSR count). The molecule has 1 aromatic rings. The second-order valence-corrected chi connectivity index (χ2v) is 6.32. The molecule has 0 aliphatic carbocycles. The zero-order valence-electron chi connectivity index (χ0n) is 13.1. The van der Waals surface area contributed by atoms with Gasteiger partial charge >= 0.3 is 5.97 Å². The summed E-state index contributed by atoms with van der Waals surface area (Å²) in [6.07, 6.45) is 0. The third-order valence-corrected chi connectivity index (χ3v) is 4.11. The summed E-state index contributed by atoms with van der Waals surface area (Å²) in [5.41, 5.74) is 7.21. The third-order valence-electron chi connectivity index (χ3n) is 3.58. The van der Waals surface area contributed by atoms with Crippen LogP contribution in [0.3, 0.4) is 0 Å². The number of nitriles is 1. The van der Waals surface area contributed by atoms with Gasteiger partial charge in [0, 0.05) is 10.4 Å². The maximum atomic E-state index is 12.4. The van der Waals surface area contributed by atoms with Gasteiger partial charge in [0.1, 0.15) is 17.4 Å². The predicted molar refractivity (Wildman–Crippen MR) is 88.7 cm³/mol. The molecule has 23 heavy (non-hydrogen) atoms. The number of hydrogen-bond donors (Lipinski definition) is 1. The van der Waals surface area contributed by atoms with E-state index in [1.54, 1.807) is 0 Å². The molecular weight excluding hydrogens is 360 g/mol. The number of allylic oxidation sites excluding steroid dienone is 2. The quantitative estimate of drug-likeness (QED) is 0.817. The van der Waals surface area contributed by atoms with Crippen LogP contribution in [0.25, 0.3) is 0 Å².